The van der Waals surface area contributed by atoms with Gasteiger partial charge in [-0.3, -0.25) is 9.59 Å². The molecule has 1 N–H and O–H groups in total. The van der Waals surface area contributed by atoms with E-state index in [4.69, 9.17) is 9.15 Å². The monoisotopic (exact) mass is 368 g/mol. The van der Waals surface area contributed by atoms with Crippen LogP contribution in [0.25, 0.3) is 0 Å². The minimum absolute atomic E-state index is 0.00899. The number of amides is 2. The predicted molar refractivity (Wildman–Crippen MR) is 93.6 cm³/mol. The molecular weight excluding hydrogens is 344 g/mol. The van der Waals surface area contributed by atoms with Gasteiger partial charge in [-0.1, -0.05) is 13.8 Å². The van der Waals surface area contributed by atoms with Gasteiger partial charge in [0, 0.05) is 18.7 Å². The summed E-state index contributed by atoms with van der Waals surface area (Å²) in [4.78, 5) is 37.7. The van der Waals surface area contributed by atoms with Crippen molar-refractivity contribution >= 4 is 29.5 Å². The van der Waals surface area contributed by atoms with Crippen LogP contribution >= 0.6 is 11.8 Å². The Morgan fingerprint density at radius 3 is 2.68 bits per heavy atom. The molecule has 3 atom stereocenters. The maximum atomic E-state index is 12.4. The second kappa shape index (κ2) is 8.42. The van der Waals surface area contributed by atoms with E-state index in [9.17, 15) is 14.4 Å². The molecule has 0 radical (unpaired) electrons. The maximum Gasteiger partial charge on any atom is 0.330 e. The number of nitrogens with one attached hydrogen (secondary N) is 1. The van der Waals surface area contributed by atoms with Crippen LogP contribution in [0, 0.1) is 5.92 Å². The Kier molecular flexibility index (Phi) is 6.52. The number of carbonyl (C=O) groups excluding carboxylic acids is 3. The number of hydrogen-bond acceptors (Lipinski definition) is 6. The van der Waals surface area contributed by atoms with E-state index in [0.29, 0.717) is 11.5 Å². The Balaban J connectivity index is 1.94. The number of nitrogens with zero attached hydrogens (tertiary/aromatic N) is 1. The molecule has 1 saturated heterocycles. The van der Waals surface area contributed by atoms with Gasteiger partial charge in [0.25, 0.3) is 5.91 Å². The van der Waals surface area contributed by atoms with E-state index in [1.54, 1.807) is 12.1 Å². The molecule has 1 aromatic heterocycles. The maximum absolute atomic E-state index is 12.4. The fourth-order valence-corrected chi connectivity index (χ4v) is 3.83. The van der Waals surface area contributed by atoms with Crippen LogP contribution in [-0.4, -0.2) is 47.1 Å². The lowest BCUT2D eigenvalue weighted by molar-refractivity contribution is -0.156. The summed E-state index contributed by atoms with van der Waals surface area (Å²) in [6.07, 6.45) is 1.53. The SMILES string of the molecule is CC(=O)N1[C@@H](C(=O)OCC(=O)N[C@@H](C)C(C)C)CS[C@@H]1c1ccco1. The Labute approximate surface area is 151 Å². The average molecular weight is 368 g/mol. The number of ether oxygens (including phenoxy) is 1. The van der Waals surface area contributed by atoms with Gasteiger partial charge in [0.2, 0.25) is 5.91 Å². The first-order valence-electron chi connectivity index (χ1n) is 8.21. The second-order valence-electron chi connectivity index (χ2n) is 6.35. The van der Waals surface area contributed by atoms with Gasteiger partial charge in [-0.15, -0.1) is 11.8 Å². The summed E-state index contributed by atoms with van der Waals surface area (Å²) in [6.45, 7) is 6.93. The van der Waals surface area contributed by atoms with Crippen LogP contribution in [0.1, 0.15) is 38.8 Å². The molecule has 0 unspecified atom stereocenters. The van der Waals surface area contributed by atoms with E-state index in [2.05, 4.69) is 5.32 Å². The summed E-state index contributed by atoms with van der Waals surface area (Å²) in [7, 11) is 0. The lowest BCUT2D eigenvalue weighted by atomic mass is 10.1. The molecule has 0 bridgehead atoms. The van der Waals surface area contributed by atoms with Crippen molar-refractivity contribution in [3.63, 3.8) is 0 Å². The van der Waals surface area contributed by atoms with Crippen molar-refractivity contribution in [3.05, 3.63) is 24.2 Å². The first-order valence-corrected chi connectivity index (χ1v) is 9.26. The standard InChI is InChI=1S/C17H24N2O5S/c1-10(2)11(3)18-15(21)8-24-17(22)13-9-25-16(19(13)12(4)20)14-6-5-7-23-14/h5-7,10-11,13,16H,8-9H2,1-4H3,(H,18,21)/t11-,13+,16+/m0/s1. The minimum atomic E-state index is -0.729. The van der Waals surface area contributed by atoms with Gasteiger partial charge in [0.15, 0.2) is 6.61 Å². The zero-order chi connectivity index (χ0) is 18.6. The molecular formula is C17H24N2O5S. The minimum Gasteiger partial charge on any atom is -0.466 e. The van der Waals surface area contributed by atoms with Gasteiger partial charge >= 0.3 is 5.97 Å². The van der Waals surface area contributed by atoms with Gasteiger partial charge in [0.1, 0.15) is 17.2 Å². The van der Waals surface area contributed by atoms with E-state index in [0.717, 1.165) is 0 Å². The Morgan fingerprint density at radius 2 is 2.12 bits per heavy atom. The zero-order valence-electron chi connectivity index (χ0n) is 14.9. The lowest BCUT2D eigenvalue weighted by Crippen LogP contribution is -2.44. The molecule has 1 aliphatic heterocycles. The van der Waals surface area contributed by atoms with Crippen LogP contribution in [-0.2, 0) is 19.1 Å². The van der Waals surface area contributed by atoms with Crippen LogP contribution in [0.2, 0.25) is 0 Å². The third-order valence-electron chi connectivity index (χ3n) is 4.16. The van der Waals surface area contributed by atoms with E-state index in [1.165, 1.54) is 29.8 Å². The molecule has 138 valence electrons. The highest BCUT2D eigenvalue weighted by Gasteiger charge is 2.43. The molecule has 1 aromatic rings. The molecule has 2 heterocycles. The third kappa shape index (κ3) is 4.78. The molecule has 0 aliphatic carbocycles. The van der Waals surface area contributed by atoms with Gasteiger partial charge in [-0.25, -0.2) is 4.79 Å². The topological polar surface area (TPSA) is 88.8 Å². The van der Waals surface area contributed by atoms with Crippen LogP contribution in [0.15, 0.2) is 22.8 Å². The predicted octanol–water partition coefficient (Wildman–Crippen LogP) is 1.95. The van der Waals surface area contributed by atoms with Crippen LogP contribution in [0.3, 0.4) is 0 Å². The normalized spacial score (nSPS) is 21.2. The molecule has 2 rings (SSSR count). The number of rotatable bonds is 6. The van der Waals surface area contributed by atoms with Crippen molar-refractivity contribution in [2.45, 2.75) is 45.2 Å². The summed E-state index contributed by atoms with van der Waals surface area (Å²) in [5.74, 6) is 0.119. The summed E-state index contributed by atoms with van der Waals surface area (Å²) in [5.41, 5.74) is 0. The Bertz CT molecular complexity index is 617. The molecule has 1 fully saturated rings. The summed E-state index contributed by atoms with van der Waals surface area (Å²) in [6, 6.07) is 2.76. The third-order valence-corrected chi connectivity index (χ3v) is 5.44. The van der Waals surface area contributed by atoms with Gasteiger partial charge in [0.05, 0.1) is 6.26 Å². The highest BCUT2D eigenvalue weighted by molar-refractivity contribution is 7.99. The van der Waals surface area contributed by atoms with Crippen LogP contribution in [0.4, 0.5) is 0 Å². The van der Waals surface area contributed by atoms with Crippen molar-refractivity contribution in [1.29, 1.82) is 0 Å². The molecule has 0 aromatic carbocycles. The van der Waals surface area contributed by atoms with E-state index in [1.807, 2.05) is 20.8 Å². The number of esters is 1. The Hall–Kier alpha value is -1.96. The first-order chi connectivity index (χ1) is 11.8. The second-order valence-corrected chi connectivity index (χ2v) is 7.46. The quantitative estimate of drug-likeness (QED) is 0.772. The molecule has 2 amide bonds. The van der Waals surface area contributed by atoms with Crippen molar-refractivity contribution in [2.24, 2.45) is 5.92 Å². The molecule has 7 nitrogen and oxygen atoms in total. The molecule has 8 heteroatoms. The molecule has 25 heavy (non-hydrogen) atoms. The first kappa shape index (κ1) is 19.4. The number of thioether (sulfide) groups is 1. The van der Waals surface area contributed by atoms with Gasteiger partial charge in [-0.05, 0) is 25.0 Å². The number of hydrogen-bond donors (Lipinski definition) is 1. The zero-order valence-corrected chi connectivity index (χ0v) is 15.7. The summed E-state index contributed by atoms with van der Waals surface area (Å²) >= 11 is 1.43. The lowest BCUT2D eigenvalue weighted by Gasteiger charge is -2.25. The van der Waals surface area contributed by atoms with E-state index in [-0.39, 0.29) is 35.8 Å². The average Bonchev–Trinajstić information content (AvgIpc) is 3.20. The molecule has 0 spiro atoms. The molecule has 0 saturated carbocycles. The molecule has 1 aliphatic rings. The smallest absolute Gasteiger partial charge is 0.330 e. The van der Waals surface area contributed by atoms with Crippen molar-refractivity contribution in [2.75, 3.05) is 12.4 Å². The van der Waals surface area contributed by atoms with E-state index >= 15 is 0 Å². The summed E-state index contributed by atoms with van der Waals surface area (Å²) in [5, 5.41) is 2.41. The number of furan rings is 1. The highest BCUT2D eigenvalue weighted by Crippen LogP contribution is 2.41. The fraction of sp³-hybridized carbons (Fsp3) is 0.588. The largest absolute Gasteiger partial charge is 0.466 e. The van der Waals surface area contributed by atoms with Crippen molar-refractivity contribution in [3.8, 4) is 0 Å². The fourth-order valence-electron chi connectivity index (χ4n) is 2.42. The van der Waals surface area contributed by atoms with Crippen molar-refractivity contribution < 1.29 is 23.5 Å². The van der Waals surface area contributed by atoms with Crippen LogP contribution < -0.4 is 5.32 Å². The number of carbonyl (C=O) groups is 3. The van der Waals surface area contributed by atoms with Crippen LogP contribution in [0.5, 0.6) is 0 Å². The van der Waals surface area contributed by atoms with E-state index < -0.39 is 12.0 Å². The van der Waals surface area contributed by atoms with Crippen molar-refractivity contribution in [1.82, 2.24) is 10.2 Å². The van der Waals surface area contributed by atoms with Gasteiger partial charge < -0.3 is 19.4 Å². The highest BCUT2D eigenvalue weighted by atomic mass is 32.2. The Morgan fingerprint density at radius 1 is 1.40 bits per heavy atom. The van der Waals surface area contributed by atoms with Gasteiger partial charge in [-0.2, -0.15) is 0 Å². The summed E-state index contributed by atoms with van der Waals surface area (Å²) < 4.78 is 10.5.